The van der Waals surface area contributed by atoms with Gasteiger partial charge in [0.1, 0.15) is 0 Å². The van der Waals surface area contributed by atoms with Gasteiger partial charge in [0.15, 0.2) is 0 Å². The first-order chi connectivity index (χ1) is 5.31. The van der Waals surface area contributed by atoms with Crippen LogP contribution in [0.3, 0.4) is 0 Å². The Balaban J connectivity index is 3.23. The van der Waals surface area contributed by atoms with Gasteiger partial charge in [0.25, 0.3) is 0 Å². The van der Waals surface area contributed by atoms with E-state index in [-0.39, 0.29) is 0 Å². The van der Waals surface area contributed by atoms with Gasteiger partial charge in [-0.15, -0.1) is 0 Å². The van der Waals surface area contributed by atoms with Crippen LogP contribution in [0.25, 0.3) is 0 Å². The molecule has 0 amide bonds. The number of hydrogen-bond donors (Lipinski definition) is 0. The normalized spacial score (nSPS) is 10.7. The number of hydrogen-bond acceptors (Lipinski definition) is 0. The van der Waals surface area contributed by atoms with E-state index in [1.54, 1.807) is 0 Å². The first-order valence-corrected chi connectivity index (χ1v) is 4.23. The monoisotopic (exact) mass is 156 g/mol. The molecule has 0 fully saturated rings. The molecule has 0 aliphatic rings. The lowest BCUT2D eigenvalue weighted by Crippen LogP contribution is -1.80. The fourth-order valence-corrected chi connectivity index (χ4v) is 0.938. The molecule has 0 nitrogen and oxygen atoms in total. The van der Waals surface area contributed by atoms with Crippen LogP contribution >= 0.6 is 0 Å². The zero-order valence-electron chi connectivity index (χ0n) is 7.28. The fourth-order valence-electron chi connectivity index (χ4n) is 0.938. The largest absolute Gasteiger partial charge is 0.216 e. The van der Waals surface area contributed by atoms with E-state index in [2.05, 4.69) is 13.5 Å². The Morgan fingerprint density at radius 2 is 2.18 bits per heavy atom. The Bertz CT molecular complexity index is 125. The van der Waals surface area contributed by atoms with Crippen LogP contribution in [0.1, 0.15) is 39.0 Å². The SMILES string of the molecule is C=C(C/C=C/F)CCCCC. The molecule has 0 aromatic carbocycles. The van der Waals surface area contributed by atoms with E-state index < -0.39 is 0 Å². The summed E-state index contributed by atoms with van der Waals surface area (Å²) >= 11 is 0. The third kappa shape index (κ3) is 7.31. The first-order valence-electron chi connectivity index (χ1n) is 4.23. The van der Waals surface area contributed by atoms with Gasteiger partial charge in [-0.1, -0.05) is 38.0 Å². The van der Waals surface area contributed by atoms with Crippen molar-refractivity contribution >= 4 is 0 Å². The maximum atomic E-state index is 11.5. The second-order valence-corrected chi connectivity index (χ2v) is 2.77. The van der Waals surface area contributed by atoms with E-state index in [1.165, 1.54) is 25.3 Å². The molecule has 0 saturated heterocycles. The number of unbranched alkanes of at least 4 members (excludes halogenated alkanes) is 2. The predicted octanol–water partition coefficient (Wildman–Crippen LogP) is 4.00. The Morgan fingerprint density at radius 3 is 2.73 bits per heavy atom. The molecule has 0 rings (SSSR count). The van der Waals surface area contributed by atoms with E-state index in [0.29, 0.717) is 12.8 Å². The average molecular weight is 156 g/mol. The standard InChI is InChI=1S/C10H17F/c1-3-4-5-7-10(2)8-6-9-11/h6,9H,2-5,7-8H2,1H3/b9-6+. The molecule has 11 heavy (non-hydrogen) atoms. The van der Waals surface area contributed by atoms with Crippen molar-refractivity contribution in [2.24, 2.45) is 0 Å². The maximum Gasteiger partial charge on any atom is 0.0830 e. The molecule has 0 aromatic rings. The van der Waals surface area contributed by atoms with E-state index in [9.17, 15) is 4.39 Å². The molecule has 0 heterocycles. The van der Waals surface area contributed by atoms with Crippen molar-refractivity contribution in [2.75, 3.05) is 0 Å². The van der Waals surface area contributed by atoms with Gasteiger partial charge in [0, 0.05) is 0 Å². The smallest absolute Gasteiger partial charge is 0.0830 e. The summed E-state index contributed by atoms with van der Waals surface area (Å²) in [5.74, 6) is 0. The van der Waals surface area contributed by atoms with Crippen LogP contribution in [0.4, 0.5) is 4.39 Å². The van der Waals surface area contributed by atoms with Gasteiger partial charge in [-0.2, -0.15) is 0 Å². The minimum Gasteiger partial charge on any atom is -0.216 e. The number of allylic oxidation sites excluding steroid dienone is 2. The molecular weight excluding hydrogens is 139 g/mol. The summed E-state index contributed by atoms with van der Waals surface area (Å²) in [7, 11) is 0. The molecule has 0 aliphatic carbocycles. The molecule has 0 aromatic heterocycles. The topological polar surface area (TPSA) is 0 Å². The van der Waals surface area contributed by atoms with Crippen LogP contribution in [0.15, 0.2) is 24.6 Å². The summed E-state index contributed by atoms with van der Waals surface area (Å²) in [4.78, 5) is 0. The minimum atomic E-state index is 0.588. The van der Waals surface area contributed by atoms with Crippen LogP contribution in [0.2, 0.25) is 0 Å². The van der Waals surface area contributed by atoms with Gasteiger partial charge in [0.2, 0.25) is 0 Å². The molecule has 0 atom stereocenters. The third-order valence-corrected chi connectivity index (χ3v) is 1.63. The second-order valence-electron chi connectivity index (χ2n) is 2.77. The summed E-state index contributed by atoms with van der Waals surface area (Å²) in [6.45, 7) is 6.02. The highest BCUT2D eigenvalue weighted by molar-refractivity contribution is 5.00. The first kappa shape index (κ1) is 10.4. The van der Waals surface area contributed by atoms with Crippen molar-refractivity contribution in [3.63, 3.8) is 0 Å². The lowest BCUT2D eigenvalue weighted by Gasteiger charge is -1.99. The van der Waals surface area contributed by atoms with Gasteiger partial charge in [0.05, 0.1) is 6.33 Å². The van der Waals surface area contributed by atoms with E-state index in [1.807, 2.05) is 0 Å². The van der Waals surface area contributed by atoms with Crippen molar-refractivity contribution in [1.29, 1.82) is 0 Å². The quantitative estimate of drug-likeness (QED) is 0.403. The van der Waals surface area contributed by atoms with Crippen LogP contribution in [0.5, 0.6) is 0 Å². The average Bonchev–Trinajstić information content (AvgIpc) is 2.01. The summed E-state index contributed by atoms with van der Waals surface area (Å²) in [6, 6.07) is 0. The Hall–Kier alpha value is -0.590. The molecule has 0 unspecified atom stereocenters. The van der Waals surface area contributed by atoms with Gasteiger partial charge in [-0.05, 0) is 19.3 Å². The molecule has 0 radical (unpaired) electrons. The number of halogens is 1. The third-order valence-electron chi connectivity index (χ3n) is 1.63. The lowest BCUT2D eigenvalue weighted by molar-refractivity contribution is 0.699. The summed E-state index contributed by atoms with van der Waals surface area (Å²) in [5.41, 5.74) is 1.13. The summed E-state index contributed by atoms with van der Waals surface area (Å²) < 4.78 is 11.5. The van der Waals surface area contributed by atoms with Crippen molar-refractivity contribution < 1.29 is 4.39 Å². The van der Waals surface area contributed by atoms with Gasteiger partial charge in [-0.3, -0.25) is 0 Å². The van der Waals surface area contributed by atoms with Gasteiger partial charge < -0.3 is 0 Å². The summed E-state index contributed by atoms with van der Waals surface area (Å²) in [5, 5.41) is 0. The molecule has 0 spiro atoms. The van der Waals surface area contributed by atoms with Crippen molar-refractivity contribution in [1.82, 2.24) is 0 Å². The molecule has 1 heteroatoms. The van der Waals surface area contributed by atoms with Gasteiger partial charge in [-0.25, -0.2) is 4.39 Å². The highest BCUT2D eigenvalue weighted by Crippen LogP contribution is 2.10. The Labute approximate surface area is 68.8 Å². The second kappa shape index (κ2) is 7.52. The van der Waals surface area contributed by atoms with Crippen LogP contribution in [-0.4, -0.2) is 0 Å². The Kier molecular flexibility index (Phi) is 7.11. The molecule has 64 valence electrons. The maximum absolute atomic E-state index is 11.5. The van der Waals surface area contributed by atoms with Crippen LogP contribution in [-0.2, 0) is 0 Å². The highest BCUT2D eigenvalue weighted by atomic mass is 19.1. The predicted molar refractivity (Wildman–Crippen MR) is 48.1 cm³/mol. The molecule has 0 bridgehead atoms. The molecule has 0 saturated carbocycles. The van der Waals surface area contributed by atoms with Crippen LogP contribution in [0, 0.1) is 0 Å². The lowest BCUT2D eigenvalue weighted by atomic mass is 10.1. The fraction of sp³-hybridized carbons (Fsp3) is 0.600. The van der Waals surface area contributed by atoms with E-state index in [4.69, 9.17) is 0 Å². The minimum absolute atomic E-state index is 0.588. The van der Waals surface area contributed by atoms with E-state index in [0.717, 1.165) is 12.0 Å². The number of rotatable bonds is 6. The highest BCUT2D eigenvalue weighted by Gasteiger charge is 1.90. The van der Waals surface area contributed by atoms with Gasteiger partial charge >= 0.3 is 0 Å². The Morgan fingerprint density at radius 1 is 1.45 bits per heavy atom. The zero-order chi connectivity index (χ0) is 8.53. The van der Waals surface area contributed by atoms with Crippen LogP contribution < -0.4 is 0 Å². The van der Waals surface area contributed by atoms with Crippen molar-refractivity contribution in [2.45, 2.75) is 39.0 Å². The van der Waals surface area contributed by atoms with Crippen molar-refractivity contribution in [3.05, 3.63) is 24.6 Å². The molecule has 0 N–H and O–H groups in total. The molecule has 0 aliphatic heterocycles. The summed E-state index contributed by atoms with van der Waals surface area (Å²) in [6.07, 6.45) is 7.50. The zero-order valence-corrected chi connectivity index (χ0v) is 7.28. The van der Waals surface area contributed by atoms with Crippen molar-refractivity contribution in [3.8, 4) is 0 Å². The molecular formula is C10H17F. The van der Waals surface area contributed by atoms with E-state index >= 15 is 0 Å².